The van der Waals surface area contributed by atoms with Crippen molar-refractivity contribution >= 4 is 79.9 Å². The lowest BCUT2D eigenvalue weighted by Gasteiger charge is -2.28. The van der Waals surface area contributed by atoms with Crippen molar-refractivity contribution in [3.63, 3.8) is 0 Å². The Kier molecular flexibility index (Phi) is 3.40. The highest BCUT2D eigenvalue weighted by atomic mass is 79.9. The predicted octanol–water partition coefficient (Wildman–Crippen LogP) is 3.69. The molecule has 1 heterocycles. The third kappa shape index (κ3) is 1.92. The van der Waals surface area contributed by atoms with Gasteiger partial charge in [-0.15, -0.1) is 0 Å². The maximum absolute atomic E-state index is 10.9. The number of ether oxygens (including phenoxy) is 1. The van der Waals surface area contributed by atoms with Gasteiger partial charge in [-0.3, -0.25) is 0 Å². The van der Waals surface area contributed by atoms with E-state index in [1.807, 2.05) is 0 Å². The Morgan fingerprint density at radius 1 is 1.38 bits per heavy atom. The third-order valence-electron chi connectivity index (χ3n) is 1.25. The van der Waals surface area contributed by atoms with Crippen molar-refractivity contribution in [1.29, 1.82) is 0 Å². The Morgan fingerprint density at radius 2 is 1.85 bits per heavy atom. The molecular weight excluding hydrogens is 349 g/mol. The molecule has 1 unspecified atom stereocenters. The van der Waals surface area contributed by atoms with Crippen molar-refractivity contribution < 1.29 is 9.53 Å². The van der Waals surface area contributed by atoms with E-state index >= 15 is 0 Å². The molecule has 0 bridgehead atoms. The zero-order chi connectivity index (χ0) is 10.4. The van der Waals surface area contributed by atoms with Gasteiger partial charge in [0.2, 0.25) is 3.24 Å². The molecule has 13 heavy (non-hydrogen) atoms. The van der Waals surface area contributed by atoms with Crippen LogP contribution < -0.4 is 0 Å². The van der Waals surface area contributed by atoms with E-state index < -0.39 is 14.3 Å². The largest absolute Gasteiger partial charge is 0.429 e. The molecule has 1 aliphatic heterocycles. The van der Waals surface area contributed by atoms with Crippen molar-refractivity contribution in [3.8, 4) is 0 Å². The summed E-state index contributed by atoms with van der Waals surface area (Å²) in [6.07, 6.45) is 0. The first-order valence-corrected chi connectivity index (χ1v) is 5.43. The number of rotatable bonds is 1. The molecule has 0 saturated heterocycles. The number of carbonyl (C=O) groups is 1. The van der Waals surface area contributed by atoms with Gasteiger partial charge in [-0.2, -0.15) is 0 Å². The van der Waals surface area contributed by atoms with Crippen LogP contribution in [0.3, 0.4) is 0 Å². The van der Waals surface area contributed by atoms with Crippen LogP contribution in [-0.2, 0) is 9.53 Å². The molecule has 8 heteroatoms. The number of hydrogen-bond acceptors (Lipinski definition) is 2. The van der Waals surface area contributed by atoms with E-state index in [0.717, 1.165) is 0 Å². The fraction of sp³-hybridized carbons (Fsp3) is 0.400. The molecular formula is C5BrCl5O2. The molecule has 1 rings (SSSR count). The van der Waals surface area contributed by atoms with Crippen molar-refractivity contribution in [1.82, 2.24) is 0 Å². The molecule has 0 aromatic carbocycles. The second kappa shape index (κ2) is 3.62. The van der Waals surface area contributed by atoms with Gasteiger partial charge in [-0.25, -0.2) is 4.79 Å². The SMILES string of the molecule is O=C1OC(Cl)(C(Cl)(Cl)Br)C(Cl)=C1Cl. The summed E-state index contributed by atoms with van der Waals surface area (Å²) in [7, 11) is 0. The molecule has 0 aromatic heterocycles. The van der Waals surface area contributed by atoms with Gasteiger partial charge in [-0.1, -0.05) is 58.0 Å². The molecule has 0 N–H and O–H groups in total. The van der Waals surface area contributed by atoms with Crippen LogP contribution in [0, 0.1) is 0 Å². The molecule has 0 saturated carbocycles. The zero-order valence-electron chi connectivity index (χ0n) is 5.58. The molecule has 0 radical (unpaired) electrons. The van der Waals surface area contributed by atoms with Crippen LogP contribution >= 0.6 is 73.9 Å². The van der Waals surface area contributed by atoms with Crippen LogP contribution in [0.1, 0.15) is 0 Å². The summed E-state index contributed by atoms with van der Waals surface area (Å²) in [6.45, 7) is 0. The van der Waals surface area contributed by atoms with Gasteiger partial charge in [-0.05, 0) is 15.9 Å². The van der Waals surface area contributed by atoms with Gasteiger partial charge < -0.3 is 4.74 Å². The minimum Gasteiger partial charge on any atom is -0.429 e. The molecule has 74 valence electrons. The van der Waals surface area contributed by atoms with Crippen LogP contribution in [0.25, 0.3) is 0 Å². The lowest BCUT2D eigenvalue weighted by molar-refractivity contribution is -0.140. The highest BCUT2D eigenvalue weighted by molar-refractivity contribution is 9.11. The third-order valence-corrected chi connectivity index (χ3v) is 4.31. The fourth-order valence-corrected chi connectivity index (χ4v) is 2.03. The molecule has 2 nitrogen and oxygen atoms in total. The Labute approximate surface area is 107 Å². The van der Waals surface area contributed by atoms with Gasteiger partial charge in [0.1, 0.15) is 10.1 Å². The topological polar surface area (TPSA) is 26.3 Å². The van der Waals surface area contributed by atoms with Crippen LogP contribution in [-0.4, -0.2) is 14.3 Å². The fourth-order valence-electron chi connectivity index (χ4n) is 0.630. The number of alkyl halides is 4. The Morgan fingerprint density at radius 3 is 2.00 bits per heavy atom. The number of halogens is 6. The highest BCUT2D eigenvalue weighted by Gasteiger charge is 2.58. The van der Waals surface area contributed by atoms with Gasteiger partial charge in [0.25, 0.3) is 5.06 Å². The molecule has 1 atom stereocenters. The van der Waals surface area contributed by atoms with Gasteiger partial charge in [0, 0.05) is 0 Å². The van der Waals surface area contributed by atoms with E-state index in [9.17, 15) is 4.79 Å². The summed E-state index contributed by atoms with van der Waals surface area (Å²) in [5, 5.41) is -2.46. The van der Waals surface area contributed by atoms with E-state index in [-0.39, 0.29) is 10.1 Å². The van der Waals surface area contributed by atoms with E-state index in [4.69, 9.17) is 58.0 Å². The van der Waals surface area contributed by atoms with Gasteiger partial charge in [0.05, 0.1) is 0 Å². The predicted molar refractivity (Wildman–Crippen MR) is 56.8 cm³/mol. The van der Waals surface area contributed by atoms with E-state index in [1.54, 1.807) is 0 Å². The minimum atomic E-state index is -1.88. The van der Waals surface area contributed by atoms with Crippen molar-refractivity contribution in [2.24, 2.45) is 0 Å². The Bertz CT molecular complexity index is 296. The monoisotopic (exact) mass is 346 g/mol. The van der Waals surface area contributed by atoms with E-state index in [0.29, 0.717) is 0 Å². The van der Waals surface area contributed by atoms with Gasteiger partial charge >= 0.3 is 5.97 Å². The maximum Gasteiger partial charge on any atom is 0.353 e. The van der Waals surface area contributed by atoms with Crippen LogP contribution in [0.5, 0.6) is 0 Å². The number of carbonyl (C=O) groups excluding carboxylic acids is 1. The quantitative estimate of drug-likeness (QED) is 0.533. The molecule has 0 fully saturated rings. The summed E-state index contributed by atoms with van der Waals surface area (Å²) < 4.78 is 2.87. The maximum atomic E-state index is 10.9. The highest BCUT2D eigenvalue weighted by Crippen LogP contribution is 2.54. The summed E-state index contributed by atoms with van der Waals surface area (Å²) in [4.78, 5) is 10.9. The van der Waals surface area contributed by atoms with Crippen LogP contribution in [0.15, 0.2) is 10.1 Å². The Hall–Kier alpha value is 1.14. The molecule has 0 aliphatic carbocycles. The second-order valence-electron chi connectivity index (χ2n) is 2.11. The summed E-state index contributed by atoms with van der Waals surface area (Å²) >= 11 is 30.8. The molecule has 0 aromatic rings. The summed E-state index contributed by atoms with van der Waals surface area (Å²) in [5.41, 5.74) is 0. The van der Waals surface area contributed by atoms with E-state index in [1.165, 1.54) is 0 Å². The molecule has 0 spiro atoms. The first-order chi connectivity index (χ1) is 5.70. The van der Waals surface area contributed by atoms with Gasteiger partial charge in [0.15, 0.2) is 0 Å². The molecule has 1 aliphatic rings. The lowest BCUT2D eigenvalue weighted by atomic mass is 10.4. The van der Waals surface area contributed by atoms with Crippen molar-refractivity contribution in [2.75, 3.05) is 0 Å². The second-order valence-corrected chi connectivity index (χ2v) is 6.83. The zero-order valence-corrected chi connectivity index (χ0v) is 10.9. The van der Waals surface area contributed by atoms with Crippen molar-refractivity contribution in [3.05, 3.63) is 10.1 Å². The van der Waals surface area contributed by atoms with E-state index in [2.05, 4.69) is 20.7 Å². The summed E-state index contributed by atoms with van der Waals surface area (Å²) in [5.74, 6) is -0.869. The number of esters is 1. The average Bonchev–Trinajstić information content (AvgIpc) is 2.15. The molecule has 0 amide bonds. The normalized spacial score (nSPS) is 29.5. The minimum absolute atomic E-state index is 0.247. The Balaban J connectivity index is 3.19. The standard InChI is InChI=1S/C5BrCl5O2/c6-5(10,11)4(9)2(8)1(7)3(12)13-4. The first kappa shape index (κ1) is 12.2. The van der Waals surface area contributed by atoms with Crippen LogP contribution in [0.4, 0.5) is 0 Å². The number of hydrogen-bond donors (Lipinski definition) is 0. The first-order valence-electron chi connectivity index (χ1n) is 2.75. The average molecular weight is 349 g/mol. The number of cyclic esters (lactones) is 1. The smallest absolute Gasteiger partial charge is 0.353 e. The lowest BCUT2D eigenvalue weighted by Crippen LogP contribution is -2.37. The summed E-state index contributed by atoms with van der Waals surface area (Å²) in [6, 6.07) is 0. The van der Waals surface area contributed by atoms with Crippen molar-refractivity contribution in [2.45, 2.75) is 8.30 Å². The van der Waals surface area contributed by atoms with Crippen LogP contribution in [0.2, 0.25) is 0 Å².